The average Bonchev–Trinajstić information content (AvgIpc) is 2.25. The highest BCUT2D eigenvalue weighted by atomic mass is 19.4. The fourth-order valence-electron chi connectivity index (χ4n) is 1.45. The largest absolute Gasteiger partial charge is 0.394 e. The second-order valence-electron chi connectivity index (χ2n) is 4.47. The molecule has 0 aliphatic carbocycles. The maximum atomic E-state index is 10.8. The van der Waals surface area contributed by atoms with Crippen LogP contribution in [0.15, 0.2) is 0 Å². The van der Waals surface area contributed by atoms with Crippen molar-refractivity contribution in [3.63, 3.8) is 0 Å². The van der Waals surface area contributed by atoms with Crippen molar-refractivity contribution in [2.45, 2.75) is 77.3 Å². The topological polar surface area (TPSA) is 26.0 Å². The van der Waals surface area contributed by atoms with E-state index in [2.05, 4.69) is 6.92 Å². The summed E-state index contributed by atoms with van der Waals surface area (Å²) in [4.78, 5) is 0. The first-order valence-electron chi connectivity index (χ1n) is 6.88. The molecule has 0 aliphatic rings. The van der Waals surface area contributed by atoms with Gasteiger partial charge >= 0.3 is 6.18 Å². The van der Waals surface area contributed by atoms with Crippen molar-refractivity contribution < 1.29 is 22.0 Å². The maximum Gasteiger partial charge on any atom is 0.394 e. The molecule has 0 aromatic rings. The minimum absolute atomic E-state index is 0.870. The van der Waals surface area contributed by atoms with Gasteiger partial charge in [0.05, 0.1) is 0 Å². The third kappa shape index (κ3) is 27.0. The lowest BCUT2D eigenvalue weighted by Crippen LogP contribution is -2.12. The third-order valence-electron chi connectivity index (χ3n) is 2.44. The Labute approximate surface area is 112 Å². The van der Waals surface area contributed by atoms with E-state index < -0.39 is 19.0 Å². The van der Waals surface area contributed by atoms with Crippen LogP contribution < -0.4 is 5.73 Å². The summed E-state index contributed by atoms with van der Waals surface area (Å²) in [6, 6.07) is 0. The molecule has 0 saturated carbocycles. The van der Waals surface area contributed by atoms with E-state index in [1.54, 1.807) is 0 Å². The zero-order valence-electron chi connectivity index (χ0n) is 11.6. The van der Waals surface area contributed by atoms with Crippen LogP contribution >= 0.6 is 0 Å². The Balaban J connectivity index is 0. The van der Waals surface area contributed by atoms with Crippen LogP contribution in [0.5, 0.6) is 0 Å². The van der Waals surface area contributed by atoms with Crippen LogP contribution in [0.1, 0.15) is 64.7 Å². The van der Waals surface area contributed by atoms with Crippen LogP contribution in [0.4, 0.5) is 22.0 Å². The van der Waals surface area contributed by atoms with Gasteiger partial charge in [-0.2, -0.15) is 13.2 Å². The SMILES string of the molecule is CCCCCCCCCCN.FC(F)CC(F)(F)F. The average molecular weight is 291 g/mol. The number of rotatable bonds is 9. The van der Waals surface area contributed by atoms with Gasteiger partial charge in [0, 0.05) is 0 Å². The molecule has 0 amide bonds. The minimum Gasteiger partial charge on any atom is -0.330 e. The molecule has 0 aromatic carbocycles. The number of unbranched alkanes of at least 4 members (excludes halogenated alkanes) is 7. The predicted octanol–water partition coefficient (Wildman–Crippen LogP) is 5.29. The predicted molar refractivity (Wildman–Crippen MR) is 68.3 cm³/mol. The summed E-state index contributed by atoms with van der Waals surface area (Å²) in [6.45, 7) is 3.13. The Bertz CT molecular complexity index is 163. The summed E-state index contributed by atoms with van der Waals surface area (Å²) in [7, 11) is 0. The molecule has 118 valence electrons. The van der Waals surface area contributed by atoms with Crippen LogP contribution in [0, 0.1) is 0 Å². The zero-order valence-corrected chi connectivity index (χ0v) is 11.6. The Morgan fingerprint density at radius 1 is 0.842 bits per heavy atom. The van der Waals surface area contributed by atoms with E-state index >= 15 is 0 Å². The summed E-state index contributed by atoms with van der Waals surface area (Å²) in [5.74, 6) is 0. The molecule has 0 aromatic heterocycles. The lowest BCUT2D eigenvalue weighted by atomic mass is 10.1. The number of alkyl halides is 5. The Hall–Kier alpha value is -0.390. The number of hydrogen-bond donors (Lipinski definition) is 1. The van der Waals surface area contributed by atoms with Gasteiger partial charge in [0.1, 0.15) is 6.42 Å². The van der Waals surface area contributed by atoms with Crippen molar-refractivity contribution in [1.29, 1.82) is 0 Å². The molecular formula is C13H26F5N. The summed E-state index contributed by atoms with van der Waals surface area (Å²) in [6.07, 6.45) is 0.963. The van der Waals surface area contributed by atoms with Crippen molar-refractivity contribution in [2.24, 2.45) is 5.73 Å². The van der Waals surface area contributed by atoms with E-state index in [-0.39, 0.29) is 0 Å². The molecule has 0 atom stereocenters. The smallest absolute Gasteiger partial charge is 0.330 e. The molecule has 0 bridgehead atoms. The van der Waals surface area contributed by atoms with E-state index in [9.17, 15) is 22.0 Å². The summed E-state index contributed by atoms with van der Waals surface area (Å²) >= 11 is 0. The van der Waals surface area contributed by atoms with E-state index in [1.165, 1.54) is 51.4 Å². The van der Waals surface area contributed by atoms with Crippen molar-refractivity contribution in [1.82, 2.24) is 0 Å². The molecule has 6 heteroatoms. The van der Waals surface area contributed by atoms with Crippen LogP contribution in [-0.2, 0) is 0 Å². The van der Waals surface area contributed by atoms with Crippen molar-refractivity contribution in [2.75, 3.05) is 6.54 Å². The van der Waals surface area contributed by atoms with Crippen LogP contribution in [0.25, 0.3) is 0 Å². The Morgan fingerprint density at radius 3 is 1.53 bits per heavy atom. The first-order chi connectivity index (χ1) is 8.83. The van der Waals surface area contributed by atoms with Gasteiger partial charge in [-0.3, -0.25) is 0 Å². The molecule has 0 saturated heterocycles. The molecular weight excluding hydrogens is 265 g/mol. The number of halogens is 5. The zero-order chi connectivity index (χ0) is 15.1. The number of nitrogens with two attached hydrogens (primary N) is 1. The molecule has 0 radical (unpaired) electrons. The van der Waals surface area contributed by atoms with Gasteiger partial charge in [-0.1, -0.05) is 51.9 Å². The summed E-state index contributed by atoms with van der Waals surface area (Å²) in [5, 5.41) is 0. The first kappa shape index (κ1) is 20.9. The second kappa shape index (κ2) is 14.0. The number of hydrogen-bond acceptors (Lipinski definition) is 1. The molecule has 0 heterocycles. The van der Waals surface area contributed by atoms with E-state index in [4.69, 9.17) is 5.73 Å². The molecule has 1 nitrogen and oxygen atoms in total. The first-order valence-corrected chi connectivity index (χ1v) is 6.88. The minimum atomic E-state index is -4.73. The molecule has 0 fully saturated rings. The summed E-state index contributed by atoms with van der Waals surface area (Å²) in [5.41, 5.74) is 5.39. The highest BCUT2D eigenvalue weighted by molar-refractivity contribution is 4.50. The van der Waals surface area contributed by atoms with Crippen LogP contribution in [-0.4, -0.2) is 19.1 Å². The second-order valence-corrected chi connectivity index (χ2v) is 4.47. The quantitative estimate of drug-likeness (QED) is 0.453. The van der Waals surface area contributed by atoms with Crippen molar-refractivity contribution in [3.8, 4) is 0 Å². The monoisotopic (exact) mass is 291 g/mol. The van der Waals surface area contributed by atoms with Crippen molar-refractivity contribution in [3.05, 3.63) is 0 Å². The molecule has 0 rings (SSSR count). The van der Waals surface area contributed by atoms with Gasteiger partial charge in [0.15, 0.2) is 0 Å². The third-order valence-corrected chi connectivity index (χ3v) is 2.44. The summed E-state index contributed by atoms with van der Waals surface area (Å²) < 4.78 is 54.1. The fraction of sp³-hybridized carbons (Fsp3) is 1.00. The van der Waals surface area contributed by atoms with Crippen LogP contribution in [0.2, 0.25) is 0 Å². The Morgan fingerprint density at radius 2 is 1.26 bits per heavy atom. The standard InChI is InChI=1S/C10H23N.C3H3F5/c1-2-3-4-5-6-7-8-9-10-11;4-2(5)1-3(6,7)8/h2-11H2,1H3;2H,1H2. The van der Waals surface area contributed by atoms with Gasteiger partial charge in [0.25, 0.3) is 0 Å². The van der Waals surface area contributed by atoms with Crippen molar-refractivity contribution >= 4 is 0 Å². The van der Waals surface area contributed by atoms with Crippen LogP contribution in [0.3, 0.4) is 0 Å². The van der Waals surface area contributed by atoms with Gasteiger partial charge in [-0.05, 0) is 13.0 Å². The molecule has 0 aliphatic heterocycles. The molecule has 0 spiro atoms. The lowest BCUT2D eigenvalue weighted by Gasteiger charge is -2.02. The molecule has 0 unspecified atom stereocenters. The fourth-order valence-corrected chi connectivity index (χ4v) is 1.45. The van der Waals surface area contributed by atoms with E-state index in [0.29, 0.717) is 0 Å². The molecule has 19 heavy (non-hydrogen) atoms. The Kier molecular flexibility index (Phi) is 15.4. The molecule has 2 N–H and O–H groups in total. The van der Waals surface area contributed by atoms with E-state index in [1.807, 2.05) is 0 Å². The highest BCUT2D eigenvalue weighted by Crippen LogP contribution is 2.23. The normalized spacial score (nSPS) is 11.4. The van der Waals surface area contributed by atoms with Gasteiger partial charge in [-0.15, -0.1) is 0 Å². The van der Waals surface area contributed by atoms with Gasteiger partial charge in [-0.25, -0.2) is 8.78 Å². The van der Waals surface area contributed by atoms with Gasteiger partial charge in [0.2, 0.25) is 6.43 Å². The van der Waals surface area contributed by atoms with E-state index in [0.717, 1.165) is 6.54 Å². The lowest BCUT2D eigenvalue weighted by molar-refractivity contribution is -0.158. The highest BCUT2D eigenvalue weighted by Gasteiger charge is 2.31. The van der Waals surface area contributed by atoms with Gasteiger partial charge < -0.3 is 5.73 Å². The maximum absolute atomic E-state index is 10.8.